The van der Waals surface area contributed by atoms with Crippen LogP contribution in [0.4, 0.5) is 14.9 Å². The van der Waals surface area contributed by atoms with Gasteiger partial charge in [-0.2, -0.15) is 0 Å². The largest absolute Gasteiger partial charge is 0.478 e. The van der Waals surface area contributed by atoms with E-state index >= 15 is 0 Å². The average Bonchev–Trinajstić information content (AvgIpc) is 3.12. The summed E-state index contributed by atoms with van der Waals surface area (Å²) >= 11 is 0. The van der Waals surface area contributed by atoms with Crippen LogP contribution in [0.15, 0.2) is 66.7 Å². The standard InChI is InChI=1S/C26H23FN2O5/c1-26(2,24(32)28-22-12-11-15(27)13-20(22)23(30)31)29-25(33)34-14-21-18-9-5-3-7-16(18)17-8-4-6-10-19(17)21/h3-13,21H,14H2,1-2H3,(H,28,32)(H,29,33)(H,30,31). The predicted octanol–water partition coefficient (Wildman–Crippen LogP) is 4.78. The lowest BCUT2D eigenvalue weighted by Gasteiger charge is -2.25. The third kappa shape index (κ3) is 4.47. The number of nitrogens with one attached hydrogen (secondary N) is 2. The van der Waals surface area contributed by atoms with E-state index in [2.05, 4.69) is 10.6 Å². The SMILES string of the molecule is CC(C)(NC(=O)OCC1c2ccccc2-c2ccccc21)C(=O)Nc1ccc(F)cc1C(=O)O. The molecule has 0 fully saturated rings. The number of halogens is 1. The van der Waals surface area contributed by atoms with E-state index in [1.807, 2.05) is 48.5 Å². The highest BCUT2D eigenvalue weighted by Gasteiger charge is 2.33. The number of ether oxygens (including phenoxy) is 1. The molecular formula is C26H23FN2O5. The number of rotatable bonds is 6. The normalized spacial score (nSPS) is 12.4. The first-order chi connectivity index (χ1) is 16.2. The first-order valence-electron chi connectivity index (χ1n) is 10.6. The Hall–Kier alpha value is -4.20. The van der Waals surface area contributed by atoms with Crippen molar-refractivity contribution in [2.45, 2.75) is 25.3 Å². The Morgan fingerprint density at radius 2 is 1.56 bits per heavy atom. The van der Waals surface area contributed by atoms with Crippen molar-refractivity contribution in [1.29, 1.82) is 0 Å². The van der Waals surface area contributed by atoms with Crippen LogP contribution in [0.1, 0.15) is 41.3 Å². The number of carboxylic acid groups (broad SMARTS) is 1. The number of benzene rings is 3. The van der Waals surface area contributed by atoms with E-state index in [9.17, 15) is 23.9 Å². The van der Waals surface area contributed by atoms with Crippen molar-refractivity contribution >= 4 is 23.7 Å². The summed E-state index contributed by atoms with van der Waals surface area (Å²) in [6.45, 7) is 2.99. The number of anilines is 1. The molecule has 0 spiro atoms. The number of hydrogen-bond acceptors (Lipinski definition) is 4. The van der Waals surface area contributed by atoms with Gasteiger partial charge in [-0.25, -0.2) is 14.0 Å². The van der Waals surface area contributed by atoms with E-state index in [4.69, 9.17) is 4.74 Å². The molecule has 0 unspecified atom stereocenters. The molecule has 8 heteroatoms. The van der Waals surface area contributed by atoms with Crippen molar-refractivity contribution in [1.82, 2.24) is 5.32 Å². The van der Waals surface area contributed by atoms with E-state index < -0.39 is 34.9 Å². The minimum atomic E-state index is -1.44. The van der Waals surface area contributed by atoms with E-state index in [1.165, 1.54) is 13.8 Å². The van der Waals surface area contributed by atoms with Gasteiger partial charge >= 0.3 is 12.1 Å². The Labute approximate surface area is 195 Å². The van der Waals surface area contributed by atoms with Crippen LogP contribution in [0, 0.1) is 5.82 Å². The lowest BCUT2D eigenvalue weighted by Crippen LogP contribution is -2.52. The maximum atomic E-state index is 13.4. The fourth-order valence-corrected chi connectivity index (χ4v) is 4.03. The molecule has 34 heavy (non-hydrogen) atoms. The summed E-state index contributed by atoms with van der Waals surface area (Å²) in [5, 5.41) is 14.2. The lowest BCUT2D eigenvalue weighted by molar-refractivity contribution is -0.121. The quantitative estimate of drug-likeness (QED) is 0.489. The van der Waals surface area contributed by atoms with E-state index in [-0.39, 0.29) is 18.2 Å². The highest BCUT2D eigenvalue weighted by Crippen LogP contribution is 2.44. The van der Waals surface area contributed by atoms with Crippen molar-refractivity contribution in [2.75, 3.05) is 11.9 Å². The smallest absolute Gasteiger partial charge is 0.408 e. The summed E-state index contributed by atoms with van der Waals surface area (Å²) in [5.74, 6) is -2.95. The molecule has 1 aliphatic carbocycles. The van der Waals surface area contributed by atoms with Gasteiger partial charge in [0.2, 0.25) is 5.91 Å². The zero-order valence-corrected chi connectivity index (χ0v) is 18.6. The zero-order valence-electron chi connectivity index (χ0n) is 18.6. The van der Waals surface area contributed by atoms with Crippen molar-refractivity contribution < 1.29 is 28.6 Å². The number of amides is 2. The third-order valence-corrected chi connectivity index (χ3v) is 5.79. The van der Waals surface area contributed by atoms with E-state index in [1.54, 1.807) is 0 Å². The van der Waals surface area contributed by atoms with Gasteiger partial charge < -0.3 is 20.5 Å². The number of aromatic carboxylic acids is 1. The summed E-state index contributed by atoms with van der Waals surface area (Å²) in [6.07, 6.45) is -0.792. The van der Waals surface area contributed by atoms with Gasteiger partial charge in [0, 0.05) is 5.92 Å². The van der Waals surface area contributed by atoms with E-state index in [0.29, 0.717) is 0 Å². The predicted molar refractivity (Wildman–Crippen MR) is 124 cm³/mol. The summed E-state index contributed by atoms with van der Waals surface area (Å²) in [7, 11) is 0. The molecule has 0 aromatic heterocycles. The second kappa shape index (κ2) is 8.97. The van der Waals surface area contributed by atoms with E-state index in [0.717, 1.165) is 40.5 Å². The number of carbonyl (C=O) groups excluding carboxylic acids is 2. The molecule has 0 radical (unpaired) electrons. The van der Waals surface area contributed by atoms with Gasteiger partial charge in [-0.3, -0.25) is 4.79 Å². The Morgan fingerprint density at radius 1 is 0.971 bits per heavy atom. The molecule has 0 heterocycles. The molecule has 174 valence electrons. The monoisotopic (exact) mass is 462 g/mol. The van der Waals surface area contributed by atoms with Crippen LogP contribution >= 0.6 is 0 Å². The Kier molecular flexibility index (Phi) is 6.06. The number of fused-ring (bicyclic) bond motifs is 3. The van der Waals surface area contributed by atoms with Crippen LogP contribution in [0.25, 0.3) is 11.1 Å². The summed E-state index contributed by atoms with van der Waals surface area (Å²) in [6, 6.07) is 18.9. The third-order valence-electron chi connectivity index (χ3n) is 5.79. The molecule has 0 aliphatic heterocycles. The first-order valence-corrected chi connectivity index (χ1v) is 10.6. The molecule has 0 saturated carbocycles. The van der Waals surface area contributed by atoms with Gasteiger partial charge in [0.15, 0.2) is 0 Å². The Morgan fingerprint density at radius 3 is 2.15 bits per heavy atom. The number of alkyl carbamates (subject to hydrolysis) is 1. The molecule has 3 N–H and O–H groups in total. The van der Waals surface area contributed by atoms with Crippen LogP contribution in [0.2, 0.25) is 0 Å². The molecule has 0 saturated heterocycles. The van der Waals surface area contributed by atoms with Gasteiger partial charge in [-0.15, -0.1) is 0 Å². The number of carbonyl (C=O) groups is 3. The Balaban J connectivity index is 1.42. The van der Waals surface area contributed by atoms with Gasteiger partial charge in [0.05, 0.1) is 11.3 Å². The average molecular weight is 462 g/mol. The second-order valence-electron chi connectivity index (χ2n) is 8.52. The van der Waals surface area contributed by atoms with Crippen LogP contribution in [-0.4, -0.2) is 35.2 Å². The number of hydrogen-bond donors (Lipinski definition) is 3. The van der Waals surface area contributed by atoms with Crippen LogP contribution in [0.5, 0.6) is 0 Å². The van der Waals surface area contributed by atoms with Gasteiger partial charge in [0.1, 0.15) is 18.0 Å². The van der Waals surface area contributed by atoms with Gasteiger partial charge in [-0.05, 0) is 54.3 Å². The van der Waals surface area contributed by atoms with Crippen LogP contribution in [0.3, 0.4) is 0 Å². The summed E-state index contributed by atoms with van der Waals surface area (Å²) < 4.78 is 18.9. The fourth-order valence-electron chi connectivity index (χ4n) is 4.03. The summed E-state index contributed by atoms with van der Waals surface area (Å²) in [5.41, 5.74) is 2.40. The number of carboxylic acids is 1. The molecule has 2 amide bonds. The maximum Gasteiger partial charge on any atom is 0.408 e. The van der Waals surface area contributed by atoms with Gasteiger partial charge in [0.25, 0.3) is 0 Å². The fraction of sp³-hybridized carbons (Fsp3) is 0.192. The molecule has 0 bridgehead atoms. The second-order valence-corrected chi connectivity index (χ2v) is 8.52. The molecular weight excluding hydrogens is 439 g/mol. The molecule has 3 aromatic rings. The van der Waals surface area contributed by atoms with Crippen molar-refractivity contribution in [2.24, 2.45) is 0 Å². The lowest BCUT2D eigenvalue weighted by atomic mass is 9.98. The topological polar surface area (TPSA) is 105 Å². The molecule has 3 aromatic carbocycles. The highest BCUT2D eigenvalue weighted by atomic mass is 19.1. The first kappa shape index (κ1) is 23.0. The highest BCUT2D eigenvalue weighted by molar-refractivity contribution is 6.04. The Bertz CT molecular complexity index is 1240. The van der Waals surface area contributed by atoms with Crippen molar-refractivity contribution in [3.05, 3.63) is 89.2 Å². The minimum Gasteiger partial charge on any atom is -0.478 e. The van der Waals surface area contributed by atoms with Crippen molar-refractivity contribution in [3.63, 3.8) is 0 Å². The molecule has 1 aliphatic rings. The van der Waals surface area contributed by atoms with Crippen LogP contribution in [-0.2, 0) is 9.53 Å². The molecule has 4 rings (SSSR count). The molecule has 0 atom stereocenters. The van der Waals surface area contributed by atoms with Gasteiger partial charge in [-0.1, -0.05) is 48.5 Å². The minimum absolute atomic E-state index is 0.0820. The molecule has 7 nitrogen and oxygen atoms in total. The zero-order chi connectivity index (χ0) is 24.5. The maximum absolute atomic E-state index is 13.4. The summed E-state index contributed by atoms with van der Waals surface area (Å²) in [4.78, 5) is 36.7. The van der Waals surface area contributed by atoms with Crippen LogP contribution < -0.4 is 10.6 Å². The van der Waals surface area contributed by atoms with Crippen molar-refractivity contribution in [3.8, 4) is 11.1 Å².